The highest BCUT2D eigenvalue weighted by Crippen LogP contribution is 2.26. The lowest BCUT2D eigenvalue weighted by Gasteiger charge is -2.08. The van der Waals surface area contributed by atoms with E-state index >= 15 is 0 Å². The number of hydrogen-bond acceptors (Lipinski definition) is 5. The third-order valence-corrected chi connectivity index (χ3v) is 3.23. The second-order valence-corrected chi connectivity index (χ2v) is 4.78. The monoisotopic (exact) mass is 324 g/mol. The van der Waals surface area contributed by atoms with Crippen molar-refractivity contribution < 1.29 is 19.4 Å². The number of rotatable bonds is 5. The Morgan fingerprint density at radius 2 is 1.88 bits per heavy atom. The van der Waals surface area contributed by atoms with E-state index in [0.717, 1.165) is 0 Å². The molecule has 0 fully saturated rings. The van der Waals surface area contributed by atoms with Gasteiger partial charge in [-0.2, -0.15) is 5.26 Å². The van der Waals surface area contributed by atoms with E-state index in [1.807, 2.05) is 6.07 Å². The molecule has 2 N–H and O–H groups in total. The van der Waals surface area contributed by atoms with Crippen molar-refractivity contribution in [2.24, 2.45) is 0 Å². The molecule has 6 heteroatoms. The lowest BCUT2D eigenvalue weighted by molar-refractivity contribution is -0.112. The molecule has 0 aliphatic heterocycles. The number of nitrogens with one attached hydrogen (secondary N) is 1. The summed E-state index contributed by atoms with van der Waals surface area (Å²) in [4.78, 5) is 12.3. The second kappa shape index (κ2) is 7.70. The molecule has 0 aromatic heterocycles. The molecule has 0 saturated carbocycles. The maximum atomic E-state index is 12.3. The minimum Gasteiger partial charge on any atom is -0.508 e. The Morgan fingerprint density at radius 1 is 1.17 bits per heavy atom. The van der Waals surface area contributed by atoms with Crippen LogP contribution in [0.25, 0.3) is 6.08 Å². The highest BCUT2D eigenvalue weighted by atomic mass is 16.5. The van der Waals surface area contributed by atoms with Crippen molar-refractivity contribution in [2.75, 3.05) is 19.5 Å². The third-order valence-electron chi connectivity index (χ3n) is 3.23. The molecular weight excluding hydrogens is 308 g/mol. The van der Waals surface area contributed by atoms with E-state index in [1.54, 1.807) is 18.2 Å². The molecule has 2 rings (SSSR count). The van der Waals surface area contributed by atoms with Gasteiger partial charge in [0, 0.05) is 11.3 Å². The van der Waals surface area contributed by atoms with Crippen molar-refractivity contribution in [3.05, 3.63) is 53.6 Å². The smallest absolute Gasteiger partial charge is 0.266 e. The lowest BCUT2D eigenvalue weighted by atomic mass is 10.1. The molecule has 122 valence electrons. The van der Waals surface area contributed by atoms with E-state index in [4.69, 9.17) is 9.47 Å². The van der Waals surface area contributed by atoms with Gasteiger partial charge in [-0.25, -0.2) is 0 Å². The van der Waals surface area contributed by atoms with Gasteiger partial charge in [0.15, 0.2) is 0 Å². The Morgan fingerprint density at radius 3 is 2.46 bits per heavy atom. The molecule has 0 spiro atoms. The fourth-order valence-electron chi connectivity index (χ4n) is 2.00. The molecule has 1 amide bonds. The maximum absolute atomic E-state index is 12.3. The number of amides is 1. The number of phenols is 1. The zero-order chi connectivity index (χ0) is 17.5. The van der Waals surface area contributed by atoms with Crippen LogP contribution in [0.5, 0.6) is 17.2 Å². The zero-order valence-electron chi connectivity index (χ0n) is 13.2. The molecule has 6 nitrogen and oxygen atoms in total. The molecule has 0 atom stereocenters. The van der Waals surface area contributed by atoms with Crippen molar-refractivity contribution in [2.45, 2.75) is 0 Å². The van der Waals surface area contributed by atoms with E-state index in [0.29, 0.717) is 22.7 Å². The number of carbonyl (C=O) groups excluding carboxylic acids is 1. The summed E-state index contributed by atoms with van der Waals surface area (Å²) in [6.07, 6.45) is 1.43. The van der Waals surface area contributed by atoms with Gasteiger partial charge in [0.2, 0.25) is 0 Å². The minimum absolute atomic E-state index is 0.0881. The van der Waals surface area contributed by atoms with Crippen LogP contribution < -0.4 is 14.8 Å². The summed E-state index contributed by atoms with van der Waals surface area (Å²) in [6.45, 7) is 0. The van der Waals surface area contributed by atoms with Crippen LogP contribution in [0.15, 0.2) is 48.0 Å². The maximum Gasteiger partial charge on any atom is 0.266 e. The summed E-state index contributed by atoms with van der Waals surface area (Å²) in [5, 5.41) is 21.1. The van der Waals surface area contributed by atoms with Gasteiger partial charge in [0.25, 0.3) is 5.91 Å². The predicted octanol–water partition coefficient (Wildman–Crippen LogP) is 2.96. The molecule has 0 radical (unpaired) electrons. The first kappa shape index (κ1) is 16.9. The molecule has 0 bridgehead atoms. The van der Waals surface area contributed by atoms with Gasteiger partial charge >= 0.3 is 0 Å². The Hall–Kier alpha value is -3.46. The number of nitrogens with zero attached hydrogens (tertiary/aromatic N) is 1. The number of aromatic hydroxyl groups is 1. The van der Waals surface area contributed by atoms with E-state index < -0.39 is 5.91 Å². The van der Waals surface area contributed by atoms with Crippen LogP contribution in [0.1, 0.15) is 5.56 Å². The standard InChI is InChI=1S/C18H16N2O4/c1-23-16-7-8-17(24-2)12(10-16)9-13(11-19)18(22)20-14-3-5-15(21)6-4-14/h3-10,21H,1-2H3,(H,20,22)/b13-9-. The first-order chi connectivity index (χ1) is 11.6. The Balaban J connectivity index is 2.30. The predicted molar refractivity (Wildman–Crippen MR) is 89.9 cm³/mol. The molecule has 24 heavy (non-hydrogen) atoms. The van der Waals surface area contributed by atoms with Crippen LogP contribution >= 0.6 is 0 Å². The van der Waals surface area contributed by atoms with Crippen molar-refractivity contribution in [3.8, 4) is 23.3 Å². The Bertz CT molecular complexity index is 805. The first-order valence-electron chi connectivity index (χ1n) is 7.01. The molecule has 2 aromatic rings. The number of hydrogen-bond donors (Lipinski definition) is 2. The van der Waals surface area contributed by atoms with E-state index in [1.165, 1.54) is 44.6 Å². The number of anilines is 1. The highest BCUT2D eigenvalue weighted by molar-refractivity contribution is 6.09. The third kappa shape index (κ3) is 4.05. The zero-order valence-corrected chi connectivity index (χ0v) is 13.2. The van der Waals surface area contributed by atoms with Crippen LogP contribution in [0, 0.1) is 11.3 Å². The summed E-state index contributed by atoms with van der Waals surface area (Å²) < 4.78 is 10.4. The fraction of sp³-hybridized carbons (Fsp3) is 0.111. The van der Waals surface area contributed by atoms with Gasteiger partial charge in [0.05, 0.1) is 14.2 Å². The molecule has 2 aromatic carbocycles. The molecule has 0 saturated heterocycles. The van der Waals surface area contributed by atoms with Crippen LogP contribution in [0.2, 0.25) is 0 Å². The quantitative estimate of drug-likeness (QED) is 0.501. The fourth-order valence-corrected chi connectivity index (χ4v) is 2.00. The van der Waals surface area contributed by atoms with Gasteiger partial charge < -0.3 is 19.9 Å². The van der Waals surface area contributed by atoms with Crippen LogP contribution in [0.3, 0.4) is 0 Å². The van der Waals surface area contributed by atoms with Gasteiger partial charge in [-0.05, 0) is 48.5 Å². The molecule has 0 heterocycles. The first-order valence-corrected chi connectivity index (χ1v) is 7.01. The average molecular weight is 324 g/mol. The number of carbonyl (C=O) groups is 1. The highest BCUT2D eigenvalue weighted by Gasteiger charge is 2.12. The summed E-state index contributed by atoms with van der Waals surface area (Å²) in [6, 6.07) is 12.9. The number of ether oxygens (including phenoxy) is 2. The van der Waals surface area contributed by atoms with E-state index in [2.05, 4.69) is 5.32 Å². The van der Waals surface area contributed by atoms with Crippen LogP contribution in [-0.4, -0.2) is 25.2 Å². The number of nitriles is 1. The van der Waals surface area contributed by atoms with E-state index in [9.17, 15) is 15.2 Å². The SMILES string of the molecule is COc1ccc(OC)c(/C=C(/C#N)C(=O)Nc2ccc(O)cc2)c1. The van der Waals surface area contributed by atoms with Crippen molar-refractivity contribution in [1.82, 2.24) is 0 Å². The topological polar surface area (TPSA) is 91.6 Å². The summed E-state index contributed by atoms with van der Waals surface area (Å²) in [5.41, 5.74) is 0.931. The lowest BCUT2D eigenvalue weighted by Crippen LogP contribution is -2.13. The van der Waals surface area contributed by atoms with Gasteiger partial charge in [-0.3, -0.25) is 4.79 Å². The van der Waals surface area contributed by atoms with Crippen LogP contribution in [-0.2, 0) is 4.79 Å². The van der Waals surface area contributed by atoms with Crippen molar-refractivity contribution in [1.29, 1.82) is 5.26 Å². The van der Waals surface area contributed by atoms with Gasteiger partial charge in [-0.15, -0.1) is 0 Å². The molecule has 0 aliphatic rings. The summed E-state index contributed by atoms with van der Waals surface area (Å²) >= 11 is 0. The molecular formula is C18H16N2O4. The van der Waals surface area contributed by atoms with Crippen molar-refractivity contribution >= 4 is 17.7 Å². The number of benzene rings is 2. The average Bonchev–Trinajstić information content (AvgIpc) is 2.61. The molecule has 0 aliphatic carbocycles. The van der Waals surface area contributed by atoms with Crippen LogP contribution in [0.4, 0.5) is 5.69 Å². The Labute approximate surface area is 139 Å². The summed E-state index contributed by atoms with van der Waals surface area (Å²) in [5.74, 6) is 0.623. The number of phenolic OH excluding ortho intramolecular Hbond substituents is 1. The van der Waals surface area contributed by atoms with E-state index in [-0.39, 0.29) is 11.3 Å². The Kier molecular flexibility index (Phi) is 5.42. The normalized spacial score (nSPS) is 10.6. The largest absolute Gasteiger partial charge is 0.508 e. The number of methoxy groups -OCH3 is 2. The minimum atomic E-state index is -0.562. The molecule has 0 unspecified atom stereocenters. The van der Waals surface area contributed by atoms with Gasteiger partial charge in [0.1, 0.15) is 28.9 Å². The van der Waals surface area contributed by atoms with Crippen molar-refractivity contribution in [3.63, 3.8) is 0 Å². The second-order valence-electron chi connectivity index (χ2n) is 4.78. The van der Waals surface area contributed by atoms with Gasteiger partial charge in [-0.1, -0.05) is 0 Å². The summed E-state index contributed by atoms with van der Waals surface area (Å²) in [7, 11) is 3.03.